The molecule has 0 radical (unpaired) electrons. The molecular weight excluding hydrogens is 484 g/mol. The highest BCUT2D eigenvalue weighted by Gasteiger charge is 2.16. The highest BCUT2D eigenvalue weighted by atomic mass is 32.1. The van der Waals surface area contributed by atoms with Gasteiger partial charge in [0, 0.05) is 54.8 Å². The van der Waals surface area contributed by atoms with Crippen LogP contribution in [-0.2, 0) is 0 Å². The average Bonchev–Trinajstić information content (AvgIpc) is 3.51. The quantitative estimate of drug-likeness (QED) is 0.242. The van der Waals surface area contributed by atoms with Crippen LogP contribution >= 0.6 is 11.3 Å². The van der Waals surface area contributed by atoms with E-state index in [0.717, 1.165) is 39.1 Å². The molecule has 0 unspecified atom stereocenters. The second-order valence-electron chi connectivity index (χ2n) is 9.35. The third-order valence-corrected chi connectivity index (χ3v) is 8.26. The standard InChI is InChI=1S/C33H20N4S/c1-2-7-21(8-3-1)27-16-18-35-33(36-27)22-12-14-23(15-13-22)37-28-10-6-17-34-32(28)26-19-25-24-9-4-5-11-30(24)38-31(25)20-29(26)37/h1-20H. The maximum absolute atomic E-state index is 4.83. The van der Waals surface area contributed by atoms with E-state index in [4.69, 9.17) is 9.97 Å². The van der Waals surface area contributed by atoms with Crippen molar-refractivity contribution in [3.05, 3.63) is 122 Å². The molecule has 0 spiro atoms. The molecule has 4 aromatic carbocycles. The van der Waals surface area contributed by atoms with Crippen molar-refractivity contribution in [2.75, 3.05) is 0 Å². The van der Waals surface area contributed by atoms with E-state index in [1.807, 2.05) is 54.1 Å². The van der Waals surface area contributed by atoms with Crippen LogP contribution in [0.1, 0.15) is 0 Å². The van der Waals surface area contributed by atoms with Gasteiger partial charge in [0.15, 0.2) is 5.82 Å². The molecule has 0 aliphatic rings. The van der Waals surface area contributed by atoms with Gasteiger partial charge in [0.25, 0.3) is 0 Å². The maximum atomic E-state index is 4.83. The van der Waals surface area contributed by atoms with Gasteiger partial charge in [-0.1, -0.05) is 48.5 Å². The lowest BCUT2D eigenvalue weighted by Crippen LogP contribution is -1.95. The second kappa shape index (κ2) is 8.33. The van der Waals surface area contributed by atoms with Crippen molar-refractivity contribution in [3.63, 3.8) is 0 Å². The molecule has 0 saturated carbocycles. The van der Waals surface area contributed by atoms with Gasteiger partial charge in [-0.2, -0.15) is 0 Å². The van der Waals surface area contributed by atoms with Crippen LogP contribution in [0.4, 0.5) is 0 Å². The molecule has 0 N–H and O–H groups in total. The minimum absolute atomic E-state index is 0.716. The fourth-order valence-electron chi connectivity index (χ4n) is 5.36. The largest absolute Gasteiger partial charge is 0.308 e. The SMILES string of the molecule is c1ccc(-c2ccnc(-c3ccc(-n4c5cc6sc7ccccc7c6cc5c5ncccc54)cc3)n2)cc1. The smallest absolute Gasteiger partial charge is 0.159 e. The Morgan fingerprint density at radius 2 is 1.39 bits per heavy atom. The molecule has 38 heavy (non-hydrogen) atoms. The summed E-state index contributed by atoms with van der Waals surface area (Å²) in [6, 6.07) is 38.1. The van der Waals surface area contributed by atoms with Gasteiger partial charge in [-0.3, -0.25) is 4.98 Å². The normalized spacial score (nSPS) is 11.7. The van der Waals surface area contributed by atoms with E-state index >= 15 is 0 Å². The highest BCUT2D eigenvalue weighted by Crippen LogP contribution is 2.40. The summed E-state index contributed by atoms with van der Waals surface area (Å²) in [5, 5.41) is 3.75. The van der Waals surface area contributed by atoms with Gasteiger partial charge in [0.05, 0.1) is 22.2 Å². The summed E-state index contributed by atoms with van der Waals surface area (Å²) in [4.78, 5) is 14.2. The number of hydrogen-bond acceptors (Lipinski definition) is 4. The molecule has 0 atom stereocenters. The lowest BCUT2D eigenvalue weighted by Gasteiger charge is -2.09. The zero-order valence-corrected chi connectivity index (χ0v) is 21.1. The van der Waals surface area contributed by atoms with Crippen LogP contribution in [0.3, 0.4) is 0 Å². The Morgan fingerprint density at radius 3 is 2.29 bits per heavy atom. The van der Waals surface area contributed by atoms with Gasteiger partial charge in [-0.15, -0.1) is 11.3 Å². The van der Waals surface area contributed by atoms with E-state index < -0.39 is 0 Å². The van der Waals surface area contributed by atoms with Crippen molar-refractivity contribution in [2.24, 2.45) is 0 Å². The molecule has 0 amide bonds. The van der Waals surface area contributed by atoms with Gasteiger partial charge in [0.1, 0.15) is 0 Å². The summed E-state index contributed by atoms with van der Waals surface area (Å²) in [6.07, 6.45) is 3.70. The number of benzene rings is 4. The van der Waals surface area contributed by atoms with E-state index in [0.29, 0.717) is 5.82 Å². The molecule has 4 nitrogen and oxygen atoms in total. The Kier molecular flexibility index (Phi) is 4.66. The van der Waals surface area contributed by atoms with Crippen LogP contribution in [0.2, 0.25) is 0 Å². The molecule has 8 aromatic rings. The van der Waals surface area contributed by atoms with Crippen LogP contribution in [-0.4, -0.2) is 19.5 Å². The zero-order valence-electron chi connectivity index (χ0n) is 20.2. The summed E-state index contributed by atoms with van der Waals surface area (Å²) in [6.45, 7) is 0. The molecule has 0 saturated heterocycles. The molecule has 4 aromatic heterocycles. The van der Waals surface area contributed by atoms with Crippen LogP contribution in [0.15, 0.2) is 122 Å². The van der Waals surface area contributed by atoms with Gasteiger partial charge < -0.3 is 4.57 Å². The third kappa shape index (κ3) is 3.26. The fraction of sp³-hybridized carbons (Fsp3) is 0. The number of nitrogens with zero attached hydrogens (tertiary/aromatic N) is 4. The first-order valence-electron chi connectivity index (χ1n) is 12.5. The minimum Gasteiger partial charge on any atom is -0.308 e. The summed E-state index contributed by atoms with van der Waals surface area (Å²) in [5.74, 6) is 0.716. The van der Waals surface area contributed by atoms with Crippen LogP contribution < -0.4 is 0 Å². The molecule has 5 heteroatoms. The highest BCUT2D eigenvalue weighted by molar-refractivity contribution is 7.25. The summed E-state index contributed by atoms with van der Waals surface area (Å²) >= 11 is 1.84. The Labute approximate surface area is 222 Å². The Balaban J connectivity index is 1.29. The predicted molar refractivity (Wildman–Crippen MR) is 158 cm³/mol. The molecule has 178 valence electrons. The van der Waals surface area contributed by atoms with Crippen LogP contribution in [0.25, 0.3) is 70.4 Å². The molecule has 0 aliphatic heterocycles. The van der Waals surface area contributed by atoms with Crippen molar-refractivity contribution >= 4 is 53.4 Å². The van der Waals surface area contributed by atoms with Gasteiger partial charge >= 0.3 is 0 Å². The number of rotatable bonds is 3. The van der Waals surface area contributed by atoms with E-state index in [2.05, 4.69) is 88.4 Å². The molecular formula is C33H20N4S. The fourth-order valence-corrected chi connectivity index (χ4v) is 6.48. The molecule has 0 fully saturated rings. The summed E-state index contributed by atoms with van der Waals surface area (Å²) in [5.41, 5.74) is 7.34. The van der Waals surface area contributed by atoms with Crippen molar-refractivity contribution < 1.29 is 0 Å². The minimum atomic E-state index is 0.716. The number of aromatic nitrogens is 4. The van der Waals surface area contributed by atoms with E-state index in [1.165, 1.54) is 25.6 Å². The topological polar surface area (TPSA) is 43.6 Å². The van der Waals surface area contributed by atoms with Crippen molar-refractivity contribution in [3.8, 4) is 28.3 Å². The van der Waals surface area contributed by atoms with Crippen molar-refractivity contribution in [1.82, 2.24) is 19.5 Å². The van der Waals surface area contributed by atoms with Gasteiger partial charge in [0.2, 0.25) is 0 Å². The second-order valence-corrected chi connectivity index (χ2v) is 10.4. The zero-order chi connectivity index (χ0) is 25.1. The lowest BCUT2D eigenvalue weighted by molar-refractivity contribution is 1.16. The number of thiophene rings is 1. The maximum Gasteiger partial charge on any atom is 0.159 e. The van der Waals surface area contributed by atoms with Crippen LogP contribution in [0.5, 0.6) is 0 Å². The van der Waals surface area contributed by atoms with E-state index in [1.54, 1.807) is 0 Å². The molecule has 0 bridgehead atoms. The number of hydrogen-bond donors (Lipinski definition) is 0. The van der Waals surface area contributed by atoms with E-state index in [9.17, 15) is 0 Å². The molecule has 8 rings (SSSR count). The molecule has 0 aliphatic carbocycles. The Morgan fingerprint density at radius 1 is 0.553 bits per heavy atom. The monoisotopic (exact) mass is 504 g/mol. The summed E-state index contributed by atoms with van der Waals surface area (Å²) in [7, 11) is 0. The molecule has 4 heterocycles. The van der Waals surface area contributed by atoms with Crippen LogP contribution in [0, 0.1) is 0 Å². The first-order chi connectivity index (χ1) is 18.8. The Hall–Kier alpha value is -4.87. The van der Waals surface area contributed by atoms with Gasteiger partial charge in [-0.05, 0) is 60.7 Å². The predicted octanol–water partition coefficient (Wildman–Crippen LogP) is 8.67. The number of pyridine rings is 1. The third-order valence-electron chi connectivity index (χ3n) is 7.13. The Bertz CT molecular complexity index is 2120. The van der Waals surface area contributed by atoms with Crippen molar-refractivity contribution in [1.29, 1.82) is 0 Å². The van der Waals surface area contributed by atoms with Crippen molar-refractivity contribution in [2.45, 2.75) is 0 Å². The number of fused-ring (bicyclic) bond motifs is 6. The lowest BCUT2D eigenvalue weighted by atomic mass is 10.1. The first-order valence-corrected chi connectivity index (χ1v) is 13.3. The van der Waals surface area contributed by atoms with Gasteiger partial charge in [-0.25, -0.2) is 9.97 Å². The average molecular weight is 505 g/mol. The summed E-state index contributed by atoms with van der Waals surface area (Å²) < 4.78 is 4.90. The van der Waals surface area contributed by atoms with E-state index in [-0.39, 0.29) is 0 Å². The first kappa shape index (κ1) is 21.2.